The van der Waals surface area contributed by atoms with Crippen molar-refractivity contribution in [3.8, 4) is 0 Å². The molecule has 8 heteroatoms. The molecule has 2 saturated heterocycles. The molecule has 2 atom stereocenters. The van der Waals surface area contributed by atoms with Gasteiger partial charge in [0.1, 0.15) is 11.9 Å². The molecule has 1 aromatic carbocycles. The Labute approximate surface area is 149 Å². The van der Waals surface area contributed by atoms with Gasteiger partial charge in [0, 0.05) is 26.1 Å². The summed E-state index contributed by atoms with van der Waals surface area (Å²) in [6, 6.07) is 2.56. The number of halogens is 4. The summed E-state index contributed by atoms with van der Waals surface area (Å²) in [5, 5.41) is 20.8. The van der Waals surface area contributed by atoms with Gasteiger partial charge in [-0.15, -0.1) is 0 Å². The molecule has 1 spiro atoms. The number of hydrogen-bond donors (Lipinski definition) is 2. The van der Waals surface area contributed by atoms with Crippen LogP contribution in [0.3, 0.4) is 0 Å². The first-order valence-electron chi connectivity index (χ1n) is 8.65. The summed E-state index contributed by atoms with van der Waals surface area (Å²) in [7, 11) is 0. The third-order valence-electron chi connectivity index (χ3n) is 5.48. The normalized spacial score (nSPS) is 29.9. The minimum Gasteiger partial charge on any atom is -0.387 e. The highest BCUT2D eigenvalue weighted by Gasteiger charge is 2.52. The number of piperidine rings is 1. The Hall–Kier alpha value is -1.22. The molecular weight excluding hydrogens is 354 g/mol. The molecule has 2 heterocycles. The second-order valence-corrected chi connectivity index (χ2v) is 7.55. The van der Waals surface area contributed by atoms with Gasteiger partial charge in [-0.05, 0) is 43.5 Å². The van der Waals surface area contributed by atoms with Crippen LogP contribution in [0, 0.1) is 5.82 Å². The first-order valence-corrected chi connectivity index (χ1v) is 8.65. The predicted molar refractivity (Wildman–Crippen MR) is 85.8 cm³/mol. The lowest BCUT2D eigenvalue weighted by molar-refractivity contribution is -0.246. The summed E-state index contributed by atoms with van der Waals surface area (Å²) in [6.07, 6.45) is -4.35. The number of hydrogen-bond acceptors (Lipinski definition) is 4. The maximum Gasteiger partial charge on any atom is 0.416 e. The van der Waals surface area contributed by atoms with Crippen molar-refractivity contribution in [3.05, 3.63) is 35.1 Å². The molecule has 0 amide bonds. The van der Waals surface area contributed by atoms with Crippen molar-refractivity contribution in [1.29, 1.82) is 0 Å². The molecule has 146 valence electrons. The summed E-state index contributed by atoms with van der Waals surface area (Å²) in [5.41, 5.74) is -2.80. The summed E-state index contributed by atoms with van der Waals surface area (Å²) < 4.78 is 57.8. The second-order valence-electron chi connectivity index (χ2n) is 7.55. The maximum absolute atomic E-state index is 13.5. The molecule has 0 aliphatic carbocycles. The Morgan fingerprint density at radius 3 is 2.46 bits per heavy atom. The van der Waals surface area contributed by atoms with Crippen LogP contribution in [-0.2, 0) is 17.5 Å². The van der Waals surface area contributed by atoms with Gasteiger partial charge in [-0.2, -0.15) is 13.2 Å². The number of benzene rings is 1. The molecule has 2 fully saturated rings. The van der Waals surface area contributed by atoms with Gasteiger partial charge in [0.15, 0.2) is 0 Å². The molecule has 1 aromatic rings. The lowest BCUT2D eigenvalue weighted by atomic mass is 9.75. The highest BCUT2D eigenvalue weighted by Crippen LogP contribution is 2.40. The highest BCUT2D eigenvalue weighted by molar-refractivity contribution is 5.27. The second kappa shape index (κ2) is 6.74. The number of nitrogens with zero attached hydrogens (tertiary/aromatic N) is 1. The summed E-state index contributed by atoms with van der Waals surface area (Å²) in [5.74, 6) is -0.912. The van der Waals surface area contributed by atoms with E-state index in [9.17, 15) is 27.8 Å². The number of aliphatic hydroxyl groups is 2. The Balaban J connectivity index is 1.67. The summed E-state index contributed by atoms with van der Waals surface area (Å²) in [6.45, 7) is 3.07. The monoisotopic (exact) mass is 377 g/mol. The van der Waals surface area contributed by atoms with E-state index in [2.05, 4.69) is 0 Å². The van der Waals surface area contributed by atoms with Gasteiger partial charge in [-0.3, -0.25) is 4.90 Å². The van der Waals surface area contributed by atoms with Gasteiger partial charge in [0.05, 0.1) is 23.4 Å². The van der Waals surface area contributed by atoms with Crippen molar-refractivity contribution in [2.75, 3.05) is 19.7 Å². The Morgan fingerprint density at radius 1 is 1.19 bits per heavy atom. The van der Waals surface area contributed by atoms with Crippen molar-refractivity contribution >= 4 is 0 Å². The minimum atomic E-state index is -4.59. The quantitative estimate of drug-likeness (QED) is 0.779. The average Bonchev–Trinajstić information content (AvgIpc) is 2.53. The smallest absolute Gasteiger partial charge is 0.387 e. The van der Waals surface area contributed by atoms with E-state index in [1.807, 2.05) is 4.90 Å². The number of aliphatic hydroxyl groups excluding tert-OH is 1. The van der Waals surface area contributed by atoms with Crippen LogP contribution in [0.4, 0.5) is 17.6 Å². The van der Waals surface area contributed by atoms with Crippen LogP contribution in [0.15, 0.2) is 18.2 Å². The van der Waals surface area contributed by atoms with Crippen molar-refractivity contribution in [2.24, 2.45) is 0 Å². The van der Waals surface area contributed by atoms with Crippen molar-refractivity contribution < 1.29 is 32.5 Å². The van der Waals surface area contributed by atoms with Gasteiger partial charge in [0.25, 0.3) is 0 Å². The molecule has 0 bridgehead atoms. The molecule has 0 saturated carbocycles. The molecule has 0 aromatic heterocycles. The number of ether oxygens (including phenoxy) is 1. The van der Waals surface area contributed by atoms with Crippen LogP contribution >= 0.6 is 0 Å². The number of rotatable bonds is 2. The zero-order chi connectivity index (χ0) is 19.2. The number of likely N-dealkylation sites (tertiary alicyclic amines) is 1. The number of alkyl halides is 3. The summed E-state index contributed by atoms with van der Waals surface area (Å²) >= 11 is 0. The van der Waals surface area contributed by atoms with Gasteiger partial charge >= 0.3 is 6.18 Å². The fourth-order valence-electron chi connectivity index (χ4n) is 3.91. The molecule has 4 nitrogen and oxygen atoms in total. The van der Waals surface area contributed by atoms with Crippen LogP contribution in [0.5, 0.6) is 0 Å². The SMILES string of the molecule is C[C@@]1(O)CCOC2(CCN(Cc3cc(F)cc(C(F)(F)F)c3)CC2)[C@H]1O. The van der Waals surface area contributed by atoms with Crippen LogP contribution in [0.1, 0.15) is 37.3 Å². The van der Waals surface area contributed by atoms with E-state index >= 15 is 0 Å². The van der Waals surface area contributed by atoms with E-state index in [0.29, 0.717) is 45.0 Å². The van der Waals surface area contributed by atoms with E-state index < -0.39 is 34.9 Å². The zero-order valence-electron chi connectivity index (χ0n) is 14.5. The zero-order valence-corrected chi connectivity index (χ0v) is 14.5. The van der Waals surface area contributed by atoms with E-state index in [4.69, 9.17) is 4.74 Å². The first kappa shape index (κ1) is 19.5. The Bertz CT molecular complexity index is 654. The Morgan fingerprint density at radius 2 is 1.85 bits per heavy atom. The highest BCUT2D eigenvalue weighted by atomic mass is 19.4. The summed E-state index contributed by atoms with van der Waals surface area (Å²) in [4.78, 5) is 1.90. The van der Waals surface area contributed by atoms with E-state index in [-0.39, 0.29) is 12.1 Å². The molecule has 2 N–H and O–H groups in total. The lowest BCUT2D eigenvalue weighted by Gasteiger charge is -2.51. The molecular formula is C18H23F4NO3. The minimum absolute atomic E-state index is 0.184. The van der Waals surface area contributed by atoms with E-state index in [1.165, 1.54) is 0 Å². The third kappa shape index (κ3) is 3.88. The van der Waals surface area contributed by atoms with Crippen molar-refractivity contribution in [3.63, 3.8) is 0 Å². The molecule has 26 heavy (non-hydrogen) atoms. The first-order chi connectivity index (χ1) is 12.0. The Kier molecular flexibility index (Phi) is 5.07. The predicted octanol–water partition coefficient (Wildman–Crippen LogP) is 2.71. The molecule has 2 aliphatic rings. The van der Waals surface area contributed by atoms with E-state index in [0.717, 1.165) is 12.1 Å². The van der Waals surface area contributed by atoms with Crippen LogP contribution in [0.25, 0.3) is 0 Å². The lowest BCUT2D eigenvalue weighted by Crippen LogP contribution is -2.64. The van der Waals surface area contributed by atoms with Crippen LogP contribution in [0.2, 0.25) is 0 Å². The topological polar surface area (TPSA) is 52.9 Å². The largest absolute Gasteiger partial charge is 0.416 e. The fourth-order valence-corrected chi connectivity index (χ4v) is 3.91. The third-order valence-corrected chi connectivity index (χ3v) is 5.48. The van der Waals surface area contributed by atoms with Gasteiger partial charge < -0.3 is 14.9 Å². The van der Waals surface area contributed by atoms with Crippen molar-refractivity contribution in [1.82, 2.24) is 4.90 Å². The molecule has 3 rings (SSSR count). The van der Waals surface area contributed by atoms with Gasteiger partial charge in [-0.1, -0.05) is 0 Å². The van der Waals surface area contributed by atoms with Crippen molar-refractivity contribution in [2.45, 2.75) is 56.2 Å². The maximum atomic E-state index is 13.5. The van der Waals surface area contributed by atoms with Crippen LogP contribution in [-0.4, -0.2) is 52.1 Å². The molecule has 0 radical (unpaired) electrons. The average molecular weight is 377 g/mol. The molecule has 2 aliphatic heterocycles. The molecule has 0 unspecified atom stereocenters. The van der Waals surface area contributed by atoms with E-state index in [1.54, 1.807) is 6.92 Å². The standard InChI is InChI=1S/C18H23F4NO3/c1-16(25)4-7-26-17(15(16)24)2-5-23(6-3-17)11-12-8-13(18(20,21)22)10-14(19)9-12/h8-10,15,24-25H,2-7,11H2,1H3/t15-,16+/m0/s1. The fraction of sp³-hybridized carbons (Fsp3) is 0.667. The van der Waals surface area contributed by atoms with Crippen LogP contribution < -0.4 is 0 Å². The van der Waals surface area contributed by atoms with Gasteiger partial charge in [0.2, 0.25) is 0 Å². The van der Waals surface area contributed by atoms with Gasteiger partial charge in [-0.25, -0.2) is 4.39 Å².